The predicted molar refractivity (Wildman–Crippen MR) is 181 cm³/mol. The molecule has 0 amide bonds. The van der Waals surface area contributed by atoms with Crippen LogP contribution in [0.2, 0.25) is 5.02 Å². The van der Waals surface area contributed by atoms with E-state index in [1.807, 2.05) is 36.5 Å². The molecule has 41 heavy (non-hydrogen) atoms. The van der Waals surface area contributed by atoms with Crippen molar-refractivity contribution in [3.63, 3.8) is 0 Å². The molecule has 0 unspecified atom stereocenters. The molecule has 3 rings (SSSR count). The minimum absolute atomic E-state index is 0.715. The summed E-state index contributed by atoms with van der Waals surface area (Å²) in [7, 11) is 0. The largest absolute Gasteiger partial charge is 0.368 e. The molecular formula is C37H44ClN3. The number of benzene rings is 2. The van der Waals surface area contributed by atoms with E-state index in [4.69, 9.17) is 16.6 Å². The zero-order chi connectivity index (χ0) is 29.6. The maximum atomic E-state index is 6.10. The Balaban J connectivity index is 1.66. The average Bonchev–Trinajstić information content (AvgIpc) is 2.99. The molecule has 0 atom stereocenters. The van der Waals surface area contributed by atoms with Crippen LogP contribution in [0.15, 0.2) is 126 Å². The molecule has 0 bridgehead atoms. The Morgan fingerprint density at radius 1 is 1.00 bits per heavy atom. The van der Waals surface area contributed by atoms with Gasteiger partial charge in [-0.25, -0.2) is 0 Å². The lowest BCUT2D eigenvalue weighted by Crippen LogP contribution is -2.46. The zero-order valence-corrected chi connectivity index (χ0v) is 25.8. The molecule has 3 nitrogen and oxygen atoms in total. The van der Waals surface area contributed by atoms with Gasteiger partial charge in [0.1, 0.15) is 0 Å². The Kier molecular flexibility index (Phi) is 12.8. The molecular weight excluding hydrogens is 522 g/mol. The van der Waals surface area contributed by atoms with E-state index < -0.39 is 0 Å². The highest BCUT2D eigenvalue weighted by molar-refractivity contribution is 6.30. The van der Waals surface area contributed by atoms with Gasteiger partial charge in [-0.2, -0.15) is 0 Å². The van der Waals surface area contributed by atoms with Crippen LogP contribution in [0, 0.1) is 6.92 Å². The lowest BCUT2D eigenvalue weighted by Gasteiger charge is -2.39. The van der Waals surface area contributed by atoms with E-state index in [2.05, 4.69) is 98.5 Å². The second kappa shape index (κ2) is 16.5. The van der Waals surface area contributed by atoms with Gasteiger partial charge in [-0.05, 0) is 98.6 Å². The maximum absolute atomic E-state index is 6.10. The Hall–Kier alpha value is -3.78. The van der Waals surface area contributed by atoms with Crippen molar-refractivity contribution in [3.05, 3.63) is 137 Å². The molecule has 0 radical (unpaired) electrons. The number of hydrogen-bond donors (Lipinski definition) is 0. The number of allylic oxidation sites excluding steroid dienone is 6. The molecule has 1 aliphatic heterocycles. The number of anilines is 1. The van der Waals surface area contributed by atoms with E-state index >= 15 is 0 Å². The predicted octanol–water partition coefficient (Wildman–Crippen LogP) is 9.75. The van der Waals surface area contributed by atoms with Crippen LogP contribution in [0.3, 0.4) is 0 Å². The number of unbranched alkanes of at least 4 members (excludes halogenated alkanes) is 2. The Labute approximate surface area is 252 Å². The average molecular weight is 566 g/mol. The van der Waals surface area contributed by atoms with Crippen molar-refractivity contribution in [1.82, 2.24) is 4.90 Å². The van der Waals surface area contributed by atoms with Gasteiger partial charge >= 0.3 is 0 Å². The summed E-state index contributed by atoms with van der Waals surface area (Å²) in [5, 5.41) is 0.715. The molecule has 1 heterocycles. The fourth-order valence-corrected chi connectivity index (χ4v) is 5.00. The van der Waals surface area contributed by atoms with Gasteiger partial charge in [0, 0.05) is 54.5 Å². The molecule has 0 saturated carbocycles. The van der Waals surface area contributed by atoms with Crippen LogP contribution in [-0.2, 0) is 0 Å². The third-order valence-electron chi connectivity index (χ3n) is 7.41. The SMILES string of the molecule is C=C=CCCCC/C(=N/C=C(C)/C=C\C(=C/C)C(=C)N1CCN(c2ccccc2C)CC1)C(=C)c1ccc(Cl)cc1. The van der Waals surface area contributed by atoms with Gasteiger partial charge in [0.2, 0.25) is 0 Å². The normalized spacial score (nSPS) is 14.8. The van der Waals surface area contributed by atoms with Gasteiger partial charge < -0.3 is 9.80 Å². The van der Waals surface area contributed by atoms with Gasteiger partial charge in [-0.1, -0.05) is 79.9 Å². The number of nitrogens with zero attached hydrogens (tertiary/aromatic N) is 3. The number of aliphatic imine (C=N–C) groups is 1. The van der Waals surface area contributed by atoms with Crippen molar-refractivity contribution in [2.24, 2.45) is 4.99 Å². The molecule has 0 aromatic heterocycles. The Morgan fingerprint density at radius 2 is 1.71 bits per heavy atom. The number of halogens is 1. The topological polar surface area (TPSA) is 18.8 Å². The van der Waals surface area contributed by atoms with Crippen LogP contribution in [0.5, 0.6) is 0 Å². The summed E-state index contributed by atoms with van der Waals surface area (Å²) < 4.78 is 0. The minimum Gasteiger partial charge on any atom is -0.368 e. The highest BCUT2D eigenvalue weighted by Gasteiger charge is 2.20. The third kappa shape index (κ3) is 9.67. The van der Waals surface area contributed by atoms with Gasteiger partial charge in [-0.3, -0.25) is 4.99 Å². The molecule has 1 fully saturated rings. The van der Waals surface area contributed by atoms with Crippen LogP contribution < -0.4 is 4.90 Å². The van der Waals surface area contributed by atoms with E-state index in [-0.39, 0.29) is 0 Å². The van der Waals surface area contributed by atoms with E-state index in [0.29, 0.717) is 5.02 Å². The van der Waals surface area contributed by atoms with Crippen molar-refractivity contribution in [2.45, 2.75) is 46.5 Å². The van der Waals surface area contributed by atoms with Gasteiger partial charge in [0.25, 0.3) is 0 Å². The van der Waals surface area contributed by atoms with Crippen molar-refractivity contribution < 1.29 is 0 Å². The van der Waals surface area contributed by atoms with Crippen LogP contribution >= 0.6 is 11.6 Å². The summed E-state index contributed by atoms with van der Waals surface area (Å²) in [6, 6.07) is 16.4. The summed E-state index contributed by atoms with van der Waals surface area (Å²) in [6.45, 7) is 22.7. The monoisotopic (exact) mass is 565 g/mol. The molecule has 4 heteroatoms. The van der Waals surface area contributed by atoms with Crippen LogP contribution in [-0.4, -0.2) is 36.8 Å². The number of hydrogen-bond acceptors (Lipinski definition) is 3. The summed E-state index contributed by atoms with van der Waals surface area (Å²) >= 11 is 6.10. The van der Waals surface area contributed by atoms with Gasteiger partial charge in [-0.15, -0.1) is 5.73 Å². The quantitative estimate of drug-likeness (QED) is 0.104. The standard InChI is InChI=1S/C37H44ClN3/c1-7-9-10-11-12-16-36(31(5)34-20-22-35(38)23-21-34)39-28-29(3)18-19-33(8-2)32(6)40-24-26-41(27-25-40)37-17-14-13-15-30(37)4/h8-9,13-15,17-23,28H,1,5-6,10-12,16,24-27H2,2-4H3/b19-18-,29-28+,33-8+,39-36-. The minimum atomic E-state index is 0.715. The smallest absolute Gasteiger partial charge is 0.0476 e. The van der Waals surface area contributed by atoms with E-state index in [1.165, 1.54) is 11.3 Å². The van der Waals surface area contributed by atoms with Crippen LogP contribution in [0.1, 0.15) is 50.7 Å². The molecule has 2 aromatic carbocycles. The van der Waals surface area contributed by atoms with Crippen molar-refractivity contribution in [2.75, 3.05) is 31.1 Å². The van der Waals surface area contributed by atoms with Crippen LogP contribution in [0.25, 0.3) is 5.57 Å². The zero-order valence-electron chi connectivity index (χ0n) is 25.0. The maximum Gasteiger partial charge on any atom is 0.0476 e. The lowest BCUT2D eigenvalue weighted by atomic mass is 9.98. The highest BCUT2D eigenvalue weighted by Crippen LogP contribution is 2.24. The molecule has 0 N–H and O–H groups in total. The van der Waals surface area contributed by atoms with E-state index in [9.17, 15) is 0 Å². The Morgan fingerprint density at radius 3 is 2.37 bits per heavy atom. The molecule has 0 aliphatic carbocycles. The fourth-order valence-electron chi connectivity index (χ4n) is 4.87. The van der Waals surface area contributed by atoms with Gasteiger partial charge in [0.05, 0.1) is 0 Å². The van der Waals surface area contributed by atoms with Crippen molar-refractivity contribution >= 4 is 28.6 Å². The summed E-state index contributed by atoms with van der Waals surface area (Å²) in [4.78, 5) is 9.76. The molecule has 2 aromatic rings. The Bertz CT molecular complexity index is 1360. The first-order valence-electron chi connectivity index (χ1n) is 14.5. The lowest BCUT2D eigenvalue weighted by molar-refractivity contribution is 0.329. The second-order valence-corrected chi connectivity index (χ2v) is 10.8. The number of para-hydroxylation sites is 1. The van der Waals surface area contributed by atoms with Crippen LogP contribution in [0.4, 0.5) is 5.69 Å². The summed E-state index contributed by atoms with van der Waals surface area (Å²) in [6.07, 6.45) is 14.2. The molecule has 1 saturated heterocycles. The summed E-state index contributed by atoms with van der Waals surface area (Å²) in [5.74, 6) is 0. The molecule has 214 valence electrons. The first-order valence-corrected chi connectivity index (χ1v) is 14.8. The van der Waals surface area contributed by atoms with Crippen molar-refractivity contribution in [3.8, 4) is 0 Å². The number of rotatable bonds is 13. The molecule has 0 spiro atoms. The first kappa shape index (κ1) is 31.7. The number of piperazine rings is 1. The highest BCUT2D eigenvalue weighted by atomic mass is 35.5. The second-order valence-electron chi connectivity index (χ2n) is 10.4. The van der Waals surface area contributed by atoms with Crippen molar-refractivity contribution in [1.29, 1.82) is 0 Å². The van der Waals surface area contributed by atoms with Gasteiger partial charge in [0.15, 0.2) is 0 Å². The number of aryl methyl sites for hydroxylation is 1. The summed E-state index contributed by atoms with van der Waals surface area (Å²) in [5.41, 5.74) is 11.7. The fraction of sp³-hybridized carbons (Fsp3) is 0.297. The first-order chi connectivity index (χ1) is 19.8. The van der Waals surface area contributed by atoms with E-state index in [0.717, 1.165) is 85.6 Å². The third-order valence-corrected chi connectivity index (χ3v) is 7.66. The molecule has 1 aliphatic rings. The van der Waals surface area contributed by atoms with E-state index in [1.54, 1.807) is 0 Å².